The Hall–Kier alpha value is -1.92. The molecule has 0 aromatic heterocycles. The minimum Gasteiger partial charge on any atom is -0.350 e. The third-order valence-electron chi connectivity index (χ3n) is 4.47. The molecular formula is C20H32N4O2. The number of para-hydroxylation sites is 1. The highest BCUT2D eigenvalue weighted by Gasteiger charge is 2.25. The first-order valence-electron chi connectivity index (χ1n) is 9.38. The van der Waals surface area contributed by atoms with Crippen LogP contribution in [-0.4, -0.2) is 65.9 Å². The molecule has 144 valence electrons. The first-order valence-corrected chi connectivity index (χ1v) is 9.38. The average Bonchev–Trinajstić information content (AvgIpc) is 2.79. The lowest BCUT2D eigenvalue weighted by atomic mass is 10.1. The summed E-state index contributed by atoms with van der Waals surface area (Å²) in [5.74, 6) is 0.0657. The Morgan fingerprint density at radius 2 is 1.77 bits per heavy atom. The third-order valence-corrected chi connectivity index (χ3v) is 4.47. The maximum absolute atomic E-state index is 12.5. The van der Waals surface area contributed by atoms with Crippen molar-refractivity contribution < 1.29 is 9.59 Å². The molecule has 26 heavy (non-hydrogen) atoms. The molecular weight excluding hydrogens is 328 g/mol. The van der Waals surface area contributed by atoms with Gasteiger partial charge in [-0.25, -0.2) is 0 Å². The van der Waals surface area contributed by atoms with E-state index in [2.05, 4.69) is 20.4 Å². The van der Waals surface area contributed by atoms with Crippen molar-refractivity contribution in [3.63, 3.8) is 0 Å². The standard InChI is InChI=1S/C20H32N4O2/c1-16(19(26)21-17-9-6-5-7-10-17)24-12-8-11-23(13-14-24)15-18(25)22-20(2,3)4/h5-7,9-10,16H,8,11-15H2,1-4H3,(H,21,26)(H,22,25)/t16-/m0/s1. The van der Waals surface area contributed by atoms with Crippen LogP contribution < -0.4 is 10.6 Å². The van der Waals surface area contributed by atoms with Crippen molar-refractivity contribution in [2.24, 2.45) is 0 Å². The van der Waals surface area contributed by atoms with Gasteiger partial charge < -0.3 is 10.6 Å². The Morgan fingerprint density at radius 3 is 2.42 bits per heavy atom. The van der Waals surface area contributed by atoms with E-state index in [0.717, 1.165) is 38.3 Å². The van der Waals surface area contributed by atoms with Crippen LogP contribution in [0.5, 0.6) is 0 Å². The molecule has 0 aliphatic carbocycles. The molecule has 6 nitrogen and oxygen atoms in total. The van der Waals surface area contributed by atoms with Crippen LogP contribution in [-0.2, 0) is 9.59 Å². The SMILES string of the molecule is C[C@@H](C(=O)Nc1ccccc1)N1CCCN(CC(=O)NC(C)(C)C)CC1. The lowest BCUT2D eigenvalue weighted by molar-refractivity contribution is -0.124. The zero-order valence-electron chi connectivity index (χ0n) is 16.4. The minimum atomic E-state index is -0.209. The summed E-state index contributed by atoms with van der Waals surface area (Å²) in [4.78, 5) is 29.0. The maximum atomic E-state index is 12.5. The molecule has 0 radical (unpaired) electrons. The summed E-state index contributed by atoms with van der Waals surface area (Å²) < 4.78 is 0. The Labute approximate surface area is 156 Å². The van der Waals surface area contributed by atoms with Crippen LogP contribution in [0.4, 0.5) is 5.69 Å². The molecule has 1 aromatic rings. The summed E-state index contributed by atoms with van der Waals surface area (Å²) >= 11 is 0. The Bertz CT molecular complexity index is 598. The highest BCUT2D eigenvalue weighted by atomic mass is 16.2. The van der Waals surface area contributed by atoms with Crippen molar-refractivity contribution in [3.8, 4) is 0 Å². The fourth-order valence-corrected chi connectivity index (χ4v) is 3.13. The molecule has 1 fully saturated rings. The van der Waals surface area contributed by atoms with E-state index in [1.165, 1.54) is 0 Å². The quantitative estimate of drug-likeness (QED) is 0.842. The van der Waals surface area contributed by atoms with Gasteiger partial charge >= 0.3 is 0 Å². The van der Waals surface area contributed by atoms with Gasteiger partial charge in [-0.1, -0.05) is 18.2 Å². The molecule has 1 heterocycles. The summed E-state index contributed by atoms with van der Waals surface area (Å²) in [6.45, 7) is 11.6. The first kappa shape index (κ1) is 20.4. The van der Waals surface area contributed by atoms with Gasteiger partial charge in [0.1, 0.15) is 0 Å². The van der Waals surface area contributed by atoms with E-state index in [4.69, 9.17) is 0 Å². The second-order valence-electron chi connectivity index (χ2n) is 8.00. The van der Waals surface area contributed by atoms with E-state index >= 15 is 0 Å². The third kappa shape index (κ3) is 6.77. The maximum Gasteiger partial charge on any atom is 0.241 e. The molecule has 0 unspecified atom stereocenters. The number of carbonyl (C=O) groups is 2. The summed E-state index contributed by atoms with van der Waals surface area (Å²) in [5.41, 5.74) is 0.610. The summed E-state index contributed by atoms with van der Waals surface area (Å²) in [6, 6.07) is 9.33. The van der Waals surface area contributed by atoms with Gasteiger partial charge in [0.05, 0.1) is 12.6 Å². The van der Waals surface area contributed by atoms with Gasteiger partial charge in [-0.05, 0) is 52.8 Å². The molecule has 1 aliphatic heterocycles. The first-order chi connectivity index (χ1) is 12.2. The normalized spacial score (nSPS) is 18.0. The number of anilines is 1. The molecule has 6 heteroatoms. The van der Waals surface area contributed by atoms with Crippen LogP contribution in [0.2, 0.25) is 0 Å². The molecule has 2 amide bonds. The van der Waals surface area contributed by atoms with Crippen LogP contribution in [0.1, 0.15) is 34.1 Å². The average molecular weight is 361 g/mol. The van der Waals surface area contributed by atoms with E-state index in [1.807, 2.05) is 58.0 Å². The van der Waals surface area contributed by atoms with Crippen molar-refractivity contribution in [1.82, 2.24) is 15.1 Å². The number of amides is 2. The van der Waals surface area contributed by atoms with Crippen molar-refractivity contribution in [2.75, 3.05) is 38.0 Å². The van der Waals surface area contributed by atoms with Gasteiger partial charge in [0.2, 0.25) is 11.8 Å². The fraction of sp³-hybridized carbons (Fsp3) is 0.600. The fourth-order valence-electron chi connectivity index (χ4n) is 3.13. The van der Waals surface area contributed by atoms with Gasteiger partial charge in [0.15, 0.2) is 0 Å². The number of carbonyl (C=O) groups excluding carboxylic acids is 2. The highest BCUT2D eigenvalue weighted by Crippen LogP contribution is 2.11. The van der Waals surface area contributed by atoms with E-state index in [9.17, 15) is 9.59 Å². The zero-order chi connectivity index (χ0) is 19.2. The second kappa shape index (κ2) is 9.14. The molecule has 1 aromatic carbocycles. The molecule has 2 rings (SSSR count). The molecule has 2 N–H and O–H groups in total. The number of rotatable bonds is 5. The second-order valence-corrected chi connectivity index (χ2v) is 8.00. The molecule has 0 spiro atoms. The van der Waals surface area contributed by atoms with E-state index in [1.54, 1.807) is 0 Å². The summed E-state index contributed by atoms with van der Waals surface area (Å²) in [7, 11) is 0. The Morgan fingerprint density at radius 1 is 1.08 bits per heavy atom. The predicted molar refractivity (Wildman–Crippen MR) is 105 cm³/mol. The number of nitrogens with one attached hydrogen (secondary N) is 2. The van der Waals surface area contributed by atoms with E-state index in [-0.39, 0.29) is 23.4 Å². The molecule has 1 aliphatic rings. The largest absolute Gasteiger partial charge is 0.350 e. The number of benzene rings is 1. The van der Waals surface area contributed by atoms with Crippen molar-refractivity contribution in [2.45, 2.75) is 45.7 Å². The molecule has 0 bridgehead atoms. The van der Waals surface area contributed by atoms with Crippen LogP contribution in [0.3, 0.4) is 0 Å². The van der Waals surface area contributed by atoms with E-state index in [0.29, 0.717) is 6.54 Å². The highest BCUT2D eigenvalue weighted by molar-refractivity contribution is 5.94. The molecule has 0 saturated carbocycles. The minimum absolute atomic E-state index is 0.00938. The zero-order valence-corrected chi connectivity index (χ0v) is 16.4. The molecule has 1 saturated heterocycles. The number of hydrogen-bond acceptors (Lipinski definition) is 4. The van der Waals surface area contributed by atoms with Crippen molar-refractivity contribution in [3.05, 3.63) is 30.3 Å². The topological polar surface area (TPSA) is 64.7 Å². The summed E-state index contributed by atoms with van der Waals surface area (Å²) in [6.07, 6.45) is 0.950. The number of hydrogen-bond donors (Lipinski definition) is 2. The smallest absolute Gasteiger partial charge is 0.241 e. The van der Waals surface area contributed by atoms with Crippen LogP contribution in [0.15, 0.2) is 30.3 Å². The lowest BCUT2D eigenvalue weighted by Gasteiger charge is -2.27. The Balaban J connectivity index is 1.83. The predicted octanol–water partition coefficient (Wildman–Crippen LogP) is 1.94. The van der Waals surface area contributed by atoms with Gasteiger partial charge in [-0.3, -0.25) is 19.4 Å². The van der Waals surface area contributed by atoms with Gasteiger partial charge in [0.25, 0.3) is 0 Å². The van der Waals surface area contributed by atoms with Crippen molar-refractivity contribution >= 4 is 17.5 Å². The van der Waals surface area contributed by atoms with Crippen molar-refractivity contribution in [1.29, 1.82) is 0 Å². The monoisotopic (exact) mass is 360 g/mol. The number of nitrogens with zero attached hydrogens (tertiary/aromatic N) is 2. The van der Waals surface area contributed by atoms with Crippen LogP contribution in [0, 0.1) is 0 Å². The van der Waals surface area contributed by atoms with Gasteiger partial charge in [-0.2, -0.15) is 0 Å². The van der Waals surface area contributed by atoms with Gasteiger partial charge in [-0.15, -0.1) is 0 Å². The van der Waals surface area contributed by atoms with Gasteiger partial charge in [0, 0.05) is 30.9 Å². The van der Waals surface area contributed by atoms with E-state index < -0.39 is 0 Å². The van der Waals surface area contributed by atoms with Crippen LogP contribution >= 0.6 is 0 Å². The summed E-state index contributed by atoms with van der Waals surface area (Å²) in [5, 5.41) is 5.98. The van der Waals surface area contributed by atoms with Crippen LogP contribution in [0.25, 0.3) is 0 Å². The lowest BCUT2D eigenvalue weighted by Crippen LogP contribution is -2.47. The Kier molecular flexibility index (Phi) is 7.17. The molecule has 1 atom stereocenters.